The Hall–Kier alpha value is -1.41. The van der Waals surface area contributed by atoms with Crippen LogP contribution in [0.5, 0.6) is 0 Å². The van der Waals surface area contributed by atoms with Crippen LogP contribution >= 0.6 is 0 Å². The number of carbonyl (C=O) groups is 1. The summed E-state index contributed by atoms with van der Waals surface area (Å²) in [7, 11) is -2.18. The van der Waals surface area contributed by atoms with Gasteiger partial charge in [-0.1, -0.05) is 19.0 Å². The van der Waals surface area contributed by atoms with E-state index in [9.17, 15) is 13.2 Å². The third-order valence-electron chi connectivity index (χ3n) is 3.72. The van der Waals surface area contributed by atoms with E-state index >= 15 is 0 Å². The number of nitrogens with one attached hydrogen (secondary N) is 1. The lowest BCUT2D eigenvalue weighted by Gasteiger charge is -2.18. The summed E-state index contributed by atoms with van der Waals surface area (Å²) >= 11 is 0. The minimum Gasteiger partial charge on any atom is -0.360 e. The van der Waals surface area contributed by atoms with Gasteiger partial charge in [-0.25, -0.2) is 8.42 Å². The fourth-order valence-corrected chi connectivity index (χ4v) is 3.71. The fourth-order valence-electron chi connectivity index (χ4n) is 2.26. The molecule has 22 heavy (non-hydrogen) atoms. The van der Waals surface area contributed by atoms with E-state index in [2.05, 4.69) is 10.5 Å². The maximum absolute atomic E-state index is 12.5. The van der Waals surface area contributed by atoms with Crippen molar-refractivity contribution in [3.63, 3.8) is 0 Å². The number of likely N-dealkylation sites (N-methyl/N-ethyl adjacent to an activating group) is 1. The Morgan fingerprint density at radius 1 is 1.32 bits per heavy atom. The van der Waals surface area contributed by atoms with Gasteiger partial charge in [0.1, 0.15) is 10.6 Å². The monoisotopic (exact) mass is 331 g/mol. The van der Waals surface area contributed by atoms with Crippen LogP contribution in [-0.4, -0.2) is 43.9 Å². The van der Waals surface area contributed by atoms with Crippen molar-refractivity contribution in [1.29, 1.82) is 0 Å². The first-order valence-electron chi connectivity index (χ1n) is 7.42. The third kappa shape index (κ3) is 4.07. The molecule has 126 valence electrons. The molecule has 1 rings (SSSR count). The molecule has 1 heterocycles. The van der Waals surface area contributed by atoms with E-state index in [-0.39, 0.29) is 35.6 Å². The van der Waals surface area contributed by atoms with Crippen LogP contribution < -0.4 is 5.32 Å². The van der Waals surface area contributed by atoms with Gasteiger partial charge in [-0.2, -0.15) is 4.31 Å². The first-order chi connectivity index (χ1) is 10.3. The van der Waals surface area contributed by atoms with E-state index < -0.39 is 10.0 Å². The summed E-state index contributed by atoms with van der Waals surface area (Å²) < 4.78 is 31.1. The second-order valence-corrected chi connectivity index (χ2v) is 7.27. The average molecular weight is 331 g/mol. The van der Waals surface area contributed by atoms with Crippen molar-refractivity contribution >= 4 is 15.9 Å². The van der Waals surface area contributed by atoms with E-state index in [0.29, 0.717) is 5.69 Å². The molecule has 1 amide bonds. The van der Waals surface area contributed by atoms with Crippen molar-refractivity contribution in [3.8, 4) is 0 Å². The van der Waals surface area contributed by atoms with Crippen LogP contribution in [0.15, 0.2) is 9.42 Å². The molecule has 0 atom stereocenters. The van der Waals surface area contributed by atoms with Gasteiger partial charge in [-0.15, -0.1) is 0 Å². The zero-order valence-electron chi connectivity index (χ0n) is 13.8. The minimum absolute atomic E-state index is 0.0236. The van der Waals surface area contributed by atoms with Gasteiger partial charge in [0.05, 0.1) is 0 Å². The molecule has 0 aromatic carbocycles. The van der Waals surface area contributed by atoms with Gasteiger partial charge in [-0.05, 0) is 26.7 Å². The van der Waals surface area contributed by atoms with Crippen molar-refractivity contribution in [2.45, 2.75) is 45.4 Å². The van der Waals surface area contributed by atoms with Gasteiger partial charge in [0.25, 0.3) is 0 Å². The normalized spacial score (nSPS) is 12.1. The summed E-state index contributed by atoms with van der Waals surface area (Å²) in [6, 6.07) is 0. The Morgan fingerprint density at radius 3 is 2.36 bits per heavy atom. The SMILES string of the molecule is CCC(CC)C(=O)NCCN(C)S(=O)(=O)c1c(C)noc1C. The molecular formula is C14H25N3O4S. The maximum atomic E-state index is 12.5. The number of carbonyl (C=O) groups excluding carboxylic acids is 1. The Morgan fingerprint density at radius 2 is 1.91 bits per heavy atom. The number of hydrogen-bond acceptors (Lipinski definition) is 5. The van der Waals surface area contributed by atoms with Gasteiger partial charge >= 0.3 is 0 Å². The lowest BCUT2D eigenvalue weighted by Crippen LogP contribution is -2.38. The van der Waals surface area contributed by atoms with Crippen molar-refractivity contribution in [1.82, 2.24) is 14.8 Å². The second-order valence-electron chi connectivity index (χ2n) is 5.28. The molecule has 1 N–H and O–H groups in total. The molecule has 7 nitrogen and oxygen atoms in total. The minimum atomic E-state index is -3.66. The summed E-state index contributed by atoms with van der Waals surface area (Å²) in [6.07, 6.45) is 1.55. The zero-order valence-corrected chi connectivity index (χ0v) is 14.7. The molecule has 1 aromatic rings. The van der Waals surface area contributed by atoms with E-state index in [1.807, 2.05) is 13.8 Å². The highest BCUT2D eigenvalue weighted by atomic mass is 32.2. The highest BCUT2D eigenvalue weighted by Gasteiger charge is 2.28. The molecule has 0 bridgehead atoms. The highest BCUT2D eigenvalue weighted by Crippen LogP contribution is 2.21. The predicted molar refractivity (Wildman–Crippen MR) is 82.9 cm³/mol. The van der Waals surface area contributed by atoms with Crippen LogP contribution in [0.1, 0.15) is 38.1 Å². The van der Waals surface area contributed by atoms with Crippen molar-refractivity contribution in [2.75, 3.05) is 20.1 Å². The molecular weight excluding hydrogens is 306 g/mol. The number of amides is 1. The molecule has 8 heteroatoms. The molecule has 0 aliphatic heterocycles. The summed E-state index contributed by atoms with van der Waals surface area (Å²) in [5.41, 5.74) is 0.338. The van der Waals surface area contributed by atoms with Crippen LogP contribution in [0.3, 0.4) is 0 Å². The lowest BCUT2D eigenvalue weighted by molar-refractivity contribution is -0.125. The van der Waals surface area contributed by atoms with E-state index in [1.165, 1.54) is 11.4 Å². The number of nitrogens with zero attached hydrogens (tertiary/aromatic N) is 2. The molecule has 0 fully saturated rings. The number of hydrogen-bond donors (Lipinski definition) is 1. The quantitative estimate of drug-likeness (QED) is 0.778. The average Bonchev–Trinajstić information content (AvgIpc) is 2.79. The number of sulfonamides is 1. The summed E-state index contributed by atoms with van der Waals surface area (Å²) in [6.45, 7) is 7.54. The van der Waals surface area contributed by atoms with E-state index in [0.717, 1.165) is 12.8 Å². The van der Waals surface area contributed by atoms with Crippen LogP contribution in [0.25, 0.3) is 0 Å². The zero-order chi connectivity index (χ0) is 16.9. The Bertz CT molecular complexity index is 586. The molecule has 0 aliphatic carbocycles. The molecule has 0 aliphatic rings. The predicted octanol–water partition coefficient (Wildman–Crippen LogP) is 1.46. The molecule has 0 spiro atoms. The first kappa shape index (κ1) is 18.6. The largest absolute Gasteiger partial charge is 0.360 e. The first-order valence-corrected chi connectivity index (χ1v) is 8.86. The summed E-state index contributed by atoms with van der Waals surface area (Å²) in [4.78, 5) is 12.0. The van der Waals surface area contributed by atoms with Crippen LogP contribution in [0.2, 0.25) is 0 Å². The lowest BCUT2D eigenvalue weighted by atomic mass is 10.0. The highest BCUT2D eigenvalue weighted by molar-refractivity contribution is 7.89. The number of aryl methyl sites for hydroxylation is 2. The van der Waals surface area contributed by atoms with Gasteiger partial charge in [0.15, 0.2) is 5.76 Å². The summed E-state index contributed by atoms with van der Waals surface area (Å²) in [5.74, 6) is 0.211. The molecule has 1 aromatic heterocycles. The summed E-state index contributed by atoms with van der Waals surface area (Å²) in [5, 5.41) is 6.45. The molecule has 0 unspecified atom stereocenters. The third-order valence-corrected chi connectivity index (χ3v) is 5.82. The van der Waals surface area contributed by atoms with E-state index in [4.69, 9.17) is 4.52 Å². The fraction of sp³-hybridized carbons (Fsp3) is 0.714. The van der Waals surface area contributed by atoms with Gasteiger partial charge in [-0.3, -0.25) is 4.79 Å². The Balaban J connectivity index is 2.66. The number of aromatic nitrogens is 1. The maximum Gasteiger partial charge on any atom is 0.248 e. The van der Waals surface area contributed by atoms with Crippen LogP contribution in [0.4, 0.5) is 0 Å². The molecule has 0 radical (unpaired) electrons. The Labute approximate surface area is 132 Å². The van der Waals surface area contributed by atoms with Crippen molar-refractivity contribution in [3.05, 3.63) is 11.5 Å². The van der Waals surface area contributed by atoms with E-state index in [1.54, 1.807) is 13.8 Å². The van der Waals surface area contributed by atoms with Gasteiger partial charge < -0.3 is 9.84 Å². The standard InChI is InChI=1S/C14H25N3O4S/c1-6-12(7-2)14(18)15-8-9-17(5)22(19,20)13-10(3)16-21-11(13)4/h12H,6-9H2,1-5H3,(H,15,18). The van der Waals surface area contributed by atoms with Crippen LogP contribution in [-0.2, 0) is 14.8 Å². The van der Waals surface area contributed by atoms with Crippen molar-refractivity contribution < 1.29 is 17.7 Å². The molecule has 0 saturated heterocycles. The molecule has 0 saturated carbocycles. The smallest absolute Gasteiger partial charge is 0.248 e. The van der Waals surface area contributed by atoms with Crippen LogP contribution in [0, 0.1) is 19.8 Å². The Kier molecular flexibility index (Phi) is 6.55. The second kappa shape index (κ2) is 7.73. The van der Waals surface area contributed by atoms with Crippen molar-refractivity contribution in [2.24, 2.45) is 5.92 Å². The topological polar surface area (TPSA) is 92.5 Å². The number of rotatable bonds is 8. The van der Waals surface area contributed by atoms with Gasteiger partial charge in [0, 0.05) is 26.1 Å². The van der Waals surface area contributed by atoms with Gasteiger partial charge in [0.2, 0.25) is 15.9 Å².